The number of nitrogens with zero attached hydrogens (tertiary/aromatic N) is 1. The molecule has 1 amide bonds. The third-order valence-electron chi connectivity index (χ3n) is 3.14. The number of carbonyl (C=O) groups excluding carboxylic acids is 1. The van der Waals surface area contributed by atoms with Crippen LogP contribution in [-0.4, -0.2) is 47.6 Å². The summed E-state index contributed by atoms with van der Waals surface area (Å²) in [5.41, 5.74) is 0. The molecule has 1 heterocycles. The van der Waals surface area contributed by atoms with Gasteiger partial charge >= 0.3 is 5.97 Å². The lowest BCUT2D eigenvalue weighted by Crippen LogP contribution is -2.47. The number of carbonyl (C=O) groups is 2. The topological polar surface area (TPSA) is 69.6 Å². The monoisotopic (exact) mass is 228 g/mol. The second kappa shape index (κ2) is 5.84. The molecular formula is C11H20N2O3. The molecule has 0 bridgehead atoms. The summed E-state index contributed by atoms with van der Waals surface area (Å²) >= 11 is 0. The van der Waals surface area contributed by atoms with Crippen molar-refractivity contribution in [1.29, 1.82) is 0 Å². The van der Waals surface area contributed by atoms with E-state index in [9.17, 15) is 9.59 Å². The van der Waals surface area contributed by atoms with Crippen molar-refractivity contribution in [2.24, 2.45) is 0 Å². The van der Waals surface area contributed by atoms with E-state index in [1.54, 1.807) is 0 Å². The molecule has 5 nitrogen and oxygen atoms in total. The lowest BCUT2D eigenvalue weighted by atomic mass is 9.99. The molecule has 2 unspecified atom stereocenters. The van der Waals surface area contributed by atoms with Crippen molar-refractivity contribution in [3.63, 3.8) is 0 Å². The van der Waals surface area contributed by atoms with Gasteiger partial charge in [-0.3, -0.25) is 9.59 Å². The van der Waals surface area contributed by atoms with E-state index in [-0.39, 0.29) is 24.8 Å². The van der Waals surface area contributed by atoms with E-state index in [1.807, 2.05) is 0 Å². The van der Waals surface area contributed by atoms with E-state index < -0.39 is 5.97 Å². The molecule has 0 aliphatic carbocycles. The molecule has 2 atom stereocenters. The van der Waals surface area contributed by atoms with Crippen molar-refractivity contribution in [3.8, 4) is 0 Å². The summed E-state index contributed by atoms with van der Waals surface area (Å²) in [6, 6.07) is 0.672. The second-order valence-electron chi connectivity index (χ2n) is 4.51. The number of piperidine rings is 1. The number of nitrogens with one attached hydrogen (secondary N) is 1. The molecule has 1 saturated heterocycles. The fourth-order valence-corrected chi connectivity index (χ4v) is 1.94. The smallest absolute Gasteiger partial charge is 0.303 e. The lowest BCUT2D eigenvalue weighted by molar-refractivity contribution is -0.139. The van der Waals surface area contributed by atoms with Crippen molar-refractivity contribution in [1.82, 2.24) is 10.2 Å². The summed E-state index contributed by atoms with van der Waals surface area (Å²) in [7, 11) is 2.08. The summed E-state index contributed by atoms with van der Waals surface area (Å²) < 4.78 is 0. The Morgan fingerprint density at radius 2 is 2.12 bits per heavy atom. The third kappa shape index (κ3) is 4.18. The zero-order chi connectivity index (χ0) is 12.1. The van der Waals surface area contributed by atoms with Gasteiger partial charge in [0.2, 0.25) is 5.91 Å². The van der Waals surface area contributed by atoms with Crippen LogP contribution in [0.1, 0.15) is 32.6 Å². The van der Waals surface area contributed by atoms with Crippen molar-refractivity contribution in [3.05, 3.63) is 0 Å². The van der Waals surface area contributed by atoms with Gasteiger partial charge in [0.25, 0.3) is 0 Å². The molecule has 0 aromatic carbocycles. The first-order valence-electron chi connectivity index (χ1n) is 5.70. The predicted molar refractivity (Wildman–Crippen MR) is 60.1 cm³/mol. The van der Waals surface area contributed by atoms with Crippen LogP contribution in [0.3, 0.4) is 0 Å². The van der Waals surface area contributed by atoms with Crippen LogP contribution < -0.4 is 5.32 Å². The number of likely N-dealkylation sites (tertiary alicyclic amines) is 1. The maximum atomic E-state index is 11.4. The van der Waals surface area contributed by atoms with Crippen LogP contribution >= 0.6 is 0 Å². The zero-order valence-electron chi connectivity index (χ0n) is 9.90. The van der Waals surface area contributed by atoms with Gasteiger partial charge in [0.05, 0.1) is 6.42 Å². The Morgan fingerprint density at radius 3 is 2.69 bits per heavy atom. The van der Waals surface area contributed by atoms with Gasteiger partial charge in [-0.1, -0.05) is 0 Å². The maximum absolute atomic E-state index is 11.4. The molecule has 0 aromatic heterocycles. The van der Waals surface area contributed by atoms with E-state index in [2.05, 4.69) is 24.2 Å². The fraction of sp³-hybridized carbons (Fsp3) is 0.818. The highest BCUT2D eigenvalue weighted by Crippen LogP contribution is 2.15. The van der Waals surface area contributed by atoms with E-state index in [0.29, 0.717) is 6.04 Å². The van der Waals surface area contributed by atoms with Crippen LogP contribution in [0.2, 0.25) is 0 Å². The number of rotatable bonds is 4. The average Bonchev–Trinajstić information content (AvgIpc) is 2.21. The Balaban J connectivity index is 2.26. The highest BCUT2D eigenvalue weighted by molar-refractivity contribution is 5.80. The molecule has 1 fully saturated rings. The Hall–Kier alpha value is -1.10. The summed E-state index contributed by atoms with van der Waals surface area (Å²) in [6.07, 6.45) is 1.87. The lowest BCUT2D eigenvalue weighted by Gasteiger charge is -2.35. The van der Waals surface area contributed by atoms with Crippen LogP contribution in [0.5, 0.6) is 0 Å². The fourth-order valence-electron chi connectivity index (χ4n) is 1.94. The van der Waals surface area contributed by atoms with Gasteiger partial charge in [-0.05, 0) is 26.8 Å². The number of carboxylic acids is 1. The molecule has 2 N–H and O–H groups in total. The molecule has 0 radical (unpaired) electrons. The number of hydrogen-bond acceptors (Lipinski definition) is 3. The van der Waals surface area contributed by atoms with E-state index >= 15 is 0 Å². The number of amides is 1. The highest BCUT2D eigenvalue weighted by Gasteiger charge is 2.23. The van der Waals surface area contributed by atoms with Gasteiger partial charge < -0.3 is 15.3 Å². The Kier molecular flexibility index (Phi) is 4.73. The van der Waals surface area contributed by atoms with Crippen molar-refractivity contribution in [2.45, 2.75) is 44.7 Å². The van der Waals surface area contributed by atoms with Crippen LogP contribution in [0, 0.1) is 0 Å². The summed E-state index contributed by atoms with van der Waals surface area (Å²) in [5, 5.41) is 11.4. The molecule has 0 aromatic rings. The Morgan fingerprint density at radius 1 is 1.44 bits per heavy atom. The third-order valence-corrected chi connectivity index (χ3v) is 3.14. The molecule has 0 saturated carbocycles. The molecule has 16 heavy (non-hydrogen) atoms. The summed E-state index contributed by atoms with van der Waals surface area (Å²) in [6.45, 7) is 3.11. The van der Waals surface area contributed by atoms with Crippen molar-refractivity contribution < 1.29 is 14.7 Å². The molecule has 92 valence electrons. The Labute approximate surface area is 95.8 Å². The second-order valence-corrected chi connectivity index (χ2v) is 4.51. The van der Waals surface area contributed by atoms with Crippen molar-refractivity contribution >= 4 is 11.9 Å². The standard InChI is InChI=1S/C11H20N2O3/c1-8-7-9(5-6-13(8)2)12-10(14)3-4-11(15)16/h8-9H,3-7H2,1-2H3,(H,12,14)(H,15,16). The van der Waals surface area contributed by atoms with Crippen LogP contribution in [0.15, 0.2) is 0 Å². The normalized spacial score (nSPS) is 26.4. The van der Waals surface area contributed by atoms with Crippen molar-refractivity contribution in [2.75, 3.05) is 13.6 Å². The van der Waals surface area contributed by atoms with E-state index in [0.717, 1.165) is 19.4 Å². The molecule has 1 aliphatic rings. The van der Waals surface area contributed by atoms with Crippen LogP contribution in [0.25, 0.3) is 0 Å². The molecule has 5 heteroatoms. The van der Waals surface area contributed by atoms with Crippen LogP contribution in [0.4, 0.5) is 0 Å². The minimum atomic E-state index is -0.924. The zero-order valence-corrected chi connectivity index (χ0v) is 9.90. The molecule has 1 rings (SSSR count). The average molecular weight is 228 g/mol. The first-order valence-corrected chi connectivity index (χ1v) is 5.70. The molecule has 0 spiro atoms. The Bertz CT molecular complexity index is 268. The summed E-state index contributed by atoms with van der Waals surface area (Å²) in [4.78, 5) is 24.0. The maximum Gasteiger partial charge on any atom is 0.303 e. The minimum absolute atomic E-state index is 0.0794. The highest BCUT2D eigenvalue weighted by atomic mass is 16.4. The summed E-state index contributed by atoms with van der Waals surface area (Å²) in [5.74, 6) is -1.07. The van der Waals surface area contributed by atoms with Gasteiger partial charge in [-0.15, -0.1) is 0 Å². The number of carboxylic acid groups (broad SMARTS) is 1. The van der Waals surface area contributed by atoms with Gasteiger partial charge in [-0.25, -0.2) is 0 Å². The van der Waals surface area contributed by atoms with Gasteiger partial charge in [0.15, 0.2) is 0 Å². The van der Waals surface area contributed by atoms with Gasteiger partial charge in [0.1, 0.15) is 0 Å². The predicted octanol–water partition coefficient (Wildman–Crippen LogP) is 0.450. The van der Waals surface area contributed by atoms with Gasteiger partial charge in [0, 0.05) is 25.0 Å². The number of hydrogen-bond donors (Lipinski definition) is 2. The van der Waals surface area contributed by atoms with E-state index in [4.69, 9.17) is 5.11 Å². The SMILES string of the molecule is CC1CC(NC(=O)CCC(=O)O)CCN1C. The minimum Gasteiger partial charge on any atom is -0.481 e. The molecular weight excluding hydrogens is 208 g/mol. The van der Waals surface area contributed by atoms with E-state index in [1.165, 1.54) is 0 Å². The first-order chi connectivity index (χ1) is 7.49. The first kappa shape index (κ1) is 13.0. The van der Waals surface area contributed by atoms with Crippen LogP contribution in [-0.2, 0) is 9.59 Å². The molecule has 1 aliphatic heterocycles. The largest absolute Gasteiger partial charge is 0.481 e. The van der Waals surface area contributed by atoms with Gasteiger partial charge in [-0.2, -0.15) is 0 Å². The number of aliphatic carboxylic acids is 1. The quantitative estimate of drug-likeness (QED) is 0.733.